The lowest BCUT2D eigenvalue weighted by atomic mass is 10.1. The molecule has 10 heteroatoms. The summed E-state index contributed by atoms with van der Waals surface area (Å²) in [6.45, 7) is 4.06. The average molecular weight is 500 g/mol. The van der Waals surface area contributed by atoms with E-state index in [9.17, 15) is 18.0 Å². The third kappa shape index (κ3) is 4.89. The second kappa shape index (κ2) is 10.0. The Kier molecular flexibility index (Phi) is 7.11. The SMILES string of the molecule is CCOC(=O)c1sc(NC(=O)C2CCCN2S(=O)(=O)c2ccc(C)cc2)nc1-c1ccccc1. The monoisotopic (exact) mass is 499 g/mol. The quantitative estimate of drug-likeness (QED) is 0.491. The summed E-state index contributed by atoms with van der Waals surface area (Å²) in [5.41, 5.74) is 2.08. The van der Waals surface area contributed by atoms with Gasteiger partial charge >= 0.3 is 5.97 Å². The molecular weight excluding hydrogens is 474 g/mol. The van der Waals surface area contributed by atoms with Crippen LogP contribution < -0.4 is 5.32 Å². The topological polar surface area (TPSA) is 106 Å². The zero-order valence-electron chi connectivity index (χ0n) is 18.9. The van der Waals surface area contributed by atoms with Gasteiger partial charge in [-0.3, -0.25) is 4.79 Å². The highest BCUT2D eigenvalue weighted by Gasteiger charge is 2.39. The summed E-state index contributed by atoms with van der Waals surface area (Å²) in [6, 6.07) is 14.8. The summed E-state index contributed by atoms with van der Waals surface area (Å²) in [5.74, 6) is -0.999. The summed E-state index contributed by atoms with van der Waals surface area (Å²) in [7, 11) is -3.83. The van der Waals surface area contributed by atoms with E-state index in [1.165, 1.54) is 4.31 Å². The third-order valence-corrected chi connectivity index (χ3v) is 8.37. The van der Waals surface area contributed by atoms with Crippen molar-refractivity contribution in [3.8, 4) is 11.3 Å². The molecule has 1 fully saturated rings. The van der Waals surface area contributed by atoms with Crippen LogP contribution in [0.3, 0.4) is 0 Å². The standard InChI is InChI=1S/C24H25N3O5S2/c1-3-32-23(29)21-20(17-8-5-4-6-9-17)25-24(33-21)26-22(28)19-10-7-15-27(19)34(30,31)18-13-11-16(2)12-14-18/h4-6,8-9,11-14,19H,3,7,10,15H2,1-2H3,(H,25,26,28). The molecule has 1 atom stereocenters. The first-order valence-corrected chi connectivity index (χ1v) is 13.2. The number of nitrogens with zero attached hydrogens (tertiary/aromatic N) is 2. The number of sulfonamides is 1. The zero-order chi connectivity index (χ0) is 24.3. The number of nitrogens with one attached hydrogen (secondary N) is 1. The molecule has 2 heterocycles. The molecular formula is C24H25N3O5S2. The minimum absolute atomic E-state index is 0.156. The van der Waals surface area contributed by atoms with E-state index in [4.69, 9.17) is 4.74 Å². The number of aryl methyl sites for hydroxylation is 1. The van der Waals surface area contributed by atoms with E-state index in [1.54, 1.807) is 31.2 Å². The van der Waals surface area contributed by atoms with E-state index in [0.29, 0.717) is 24.1 Å². The Morgan fingerprint density at radius 2 is 1.85 bits per heavy atom. The maximum Gasteiger partial charge on any atom is 0.350 e. The molecule has 1 aliphatic rings. The molecule has 2 aromatic carbocycles. The number of aromatic nitrogens is 1. The second-order valence-electron chi connectivity index (χ2n) is 7.86. The molecule has 0 aliphatic carbocycles. The molecule has 0 spiro atoms. The summed E-state index contributed by atoms with van der Waals surface area (Å²) < 4.78 is 32.8. The molecule has 34 heavy (non-hydrogen) atoms. The van der Waals surface area contributed by atoms with Gasteiger partial charge in [-0.2, -0.15) is 4.31 Å². The minimum atomic E-state index is -3.83. The van der Waals surface area contributed by atoms with Crippen LogP contribution in [0.1, 0.15) is 35.0 Å². The Balaban J connectivity index is 1.59. The van der Waals surface area contributed by atoms with Gasteiger partial charge in [-0.1, -0.05) is 59.4 Å². The maximum atomic E-state index is 13.2. The fraction of sp³-hybridized carbons (Fsp3) is 0.292. The number of hydrogen-bond acceptors (Lipinski definition) is 7. The summed E-state index contributed by atoms with van der Waals surface area (Å²) in [5, 5.41) is 2.94. The lowest BCUT2D eigenvalue weighted by Gasteiger charge is -2.23. The molecule has 1 N–H and O–H groups in total. The summed E-state index contributed by atoms with van der Waals surface area (Å²) in [6.07, 6.45) is 0.975. The number of benzene rings is 2. The van der Waals surface area contributed by atoms with Crippen LogP contribution in [0.2, 0.25) is 0 Å². The van der Waals surface area contributed by atoms with Crippen molar-refractivity contribution in [2.45, 2.75) is 37.6 Å². The molecule has 1 unspecified atom stereocenters. The largest absolute Gasteiger partial charge is 0.462 e. The van der Waals surface area contributed by atoms with Gasteiger partial charge in [0.05, 0.1) is 17.2 Å². The van der Waals surface area contributed by atoms with Crippen molar-refractivity contribution in [3.63, 3.8) is 0 Å². The third-order valence-electron chi connectivity index (χ3n) is 5.50. The number of thiazole rings is 1. The lowest BCUT2D eigenvalue weighted by Crippen LogP contribution is -2.43. The number of carbonyl (C=O) groups is 2. The van der Waals surface area contributed by atoms with E-state index >= 15 is 0 Å². The predicted molar refractivity (Wildman–Crippen MR) is 130 cm³/mol. The lowest BCUT2D eigenvalue weighted by molar-refractivity contribution is -0.119. The van der Waals surface area contributed by atoms with Crippen molar-refractivity contribution in [2.24, 2.45) is 0 Å². The van der Waals surface area contributed by atoms with Crippen molar-refractivity contribution < 1.29 is 22.7 Å². The van der Waals surface area contributed by atoms with Gasteiger partial charge in [0.2, 0.25) is 15.9 Å². The van der Waals surface area contributed by atoms with Crippen LogP contribution in [0.4, 0.5) is 5.13 Å². The fourth-order valence-electron chi connectivity index (χ4n) is 3.82. The summed E-state index contributed by atoms with van der Waals surface area (Å²) >= 11 is 1.01. The van der Waals surface area contributed by atoms with Gasteiger partial charge in [-0.15, -0.1) is 0 Å². The van der Waals surface area contributed by atoms with Gasteiger partial charge in [0.25, 0.3) is 0 Å². The molecule has 1 amide bonds. The van der Waals surface area contributed by atoms with Gasteiger partial charge in [-0.25, -0.2) is 18.2 Å². The molecule has 1 saturated heterocycles. The first-order chi connectivity index (χ1) is 16.3. The highest BCUT2D eigenvalue weighted by Crippen LogP contribution is 2.33. The highest BCUT2D eigenvalue weighted by atomic mass is 32.2. The van der Waals surface area contributed by atoms with Gasteiger partial charge in [0.15, 0.2) is 5.13 Å². The maximum absolute atomic E-state index is 13.2. The fourth-order valence-corrected chi connectivity index (χ4v) is 6.37. The molecule has 8 nitrogen and oxygen atoms in total. The first-order valence-electron chi connectivity index (χ1n) is 10.9. The molecule has 0 saturated carbocycles. The van der Waals surface area contributed by atoms with Crippen LogP contribution in [-0.2, 0) is 19.6 Å². The van der Waals surface area contributed by atoms with E-state index in [-0.39, 0.29) is 28.1 Å². The molecule has 1 aliphatic heterocycles. The Hall–Kier alpha value is -3.08. The number of anilines is 1. The molecule has 178 valence electrons. The minimum Gasteiger partial charge on any atom is -0.462 e. The summed E-state index contributed by atoms with van der Waals surface area (Å²) in [4.78, 5) is 30.5. The van der Waals surface area contributed by atoms with Crippen molar-refractivity contribution in [1.82, 2.24) is 9.29 Å². The molecule has 4 rings (SSSR count). The van der Waals surface area contributed by atoms with Crippen LogP contribution >= 0.6 is 11.3 Å². The van der Waals surface area contributed by atoms with Crippen LogP contribution in [0.15, 0.2) is 59.5 Å². The van der Waals surface area contributed by atoms with Gasteiger partial charge in [0, 0.05) is 12.1 Å². The number of ether oxygens (including phenoxy) is 1. The smallest absolute Gasteiger partial charge is 0.350 e. The van der Waals surface area contributed by atoms with Crippen LogP contribution in [0.5, 0.6) is 0 Å². The van der Waals surface area contributed by atoms with E-state index < -0.39 is 27.9 Å². The molecule has 3 aromatic rings. The molecule has 0 radical (unpaired) electrons. The Morgan fingerprint density at radius 3 is 2.53 bits per heavy atom. The van der Waals surface area contributed by atoms with E-state index in [0.717, 1.165) is 16.9 Å². The Bertz CT molecular complexity index is 1290. The predicted octanol–water partition coefficient (Wildman–Crippen LogP) is 4.09. The number of esters is 1. The second-order valence-corrected chi connectivity index (χ2v) is 10.7. The van der Waals surface area contributed by atoms with Crippen LogP contribution in [0, 0.1) is 6.92 Å². The highest BCUT2D eigenvalue weighted by molar-refractivity contribution is 7.89. The number of amides is 1. The van der Waals surface area contributed by atoms with Crippen molar-refractivity contribution >= 4 is 38.4 Å². The van der Waals surface area contributed by atoms with Gasteiger partial charge < -0.3 is 10.1 Å². The van der Waals surface area contributed by atoms with Gasteiger partial charge in [-0.05, 0) is 38.8 Å². The van der Waals surface area contributed by atoms with Crippen molar-refractivity contribution in [3.05, 3.63) is 65.0 Å². The van der Waals surface area contributed by atoms with Crippen LogP contribution in [-0.4, -0.2) is 48.8 Å². The van der Waals surface area contributed by atoms with Crippen LogP contribution in [0.25, 0.3) is 11.3 Å². The molecule has 1 aromatic heterocycles. The van der Waals surface area contributed by atoms with Gasteiger partial charge in [0.1, 0.15) is 10.9 Å². The van der Waals surface area contributed by atoms with E-state index in [2.05, 4.69) is 10.3 Å². The van der Waals surface area contributed by atoms with Crippen molar-refractivity contribution in [2.75, 3.05) is 18.5 Å². The normalized spacial score (nSPS) is 16.4. The number of rotatable bonds is 7. The number of carbonyl (C=O) groups excluding carboxylic acids is 2. The zero-order valence-corrected chi connectivity index (χ0v) is 20.5. The first kappa shape index (κ1) is 24.1. The number of hydrogen-bond donors (Lipinski definition) is 1. The molecule has 0 bridgehead atoms. The Labute approximate surface area is 202 Å². The van der Waals surface area contributed by atoms with E-state index in [1.807, 2.05) is 37.3 Å². The Morgan fingerprint density at radius 1 is 1.15 bits per heavy atom. The average Bonchev–Trinajstić information content (AvgIpc) is 3.48. The van der Waals surface area contributed by atoms with Crippen molar-refractivity contribution in [1.29, 1.82) is 0 Å².